The highest BCUT2D eigenvalue weighted by atomic mass is 16.5. The number of hydrogen-bond donors (Lipinski definition) is 2. The first-order valence-corrected chi connectivity index (χ1v) is 9.00. The Morgan fingerprint density at radius 2 is 1.59 bits per heavy atom. The highest BCUT2D eigenvalue weighted by Crippen LogP contribution is 2.25. The lowest BCUT2D eigenvalue weighted by Crippen LogP contribution is -2.11. The van der Waals surface area contributed by atoms with Crippen LogP contribution in [0, 0.1) is 0 Å². The SMILES string of the molecule is CCc1nc(N)nc(N)c1OCCCOc1cccc(-c2ccccc2)c1. The van der Waals surface area contributed by atoms with Crippen molar-refractivity contribution >= 4 is 11.8 Å². The van der Waals surface area contributed by atoms with Crippen LogP contribution in [0.2, 0.25) is 0 Å². The van der Waals surface area contributed by atoms with Crippen LogP contribution in [0.15, 0.2) is 54.6 Å². The molecule has 0 fully saturated rings. The van der Waals surface area contributed by atoms with Gasteiger partial charge in [-0.3, -0.25) is 0 Å². The van der Waals surface area contributed by atoms with Gasteiger partial charge in [-0.15, -0.1) is 0 Å². The van der Waals surface area contributed by atoms with Crippen LogP contribution in [0.3, 0.4) is 0 Å². The number of ether oxygens (including phenoxy) is 2. The number of rotatable bonds is 8. The van der Waals surface area contributed by atoms with Gasteiger partial charge in [-0.2, -0.15) is 4.98 Å². The number of nitrogens with two attached hydrogens (primary N) is 2. The summed E-state index contributed by atoms with van der Waals surface area (Å²) in [5.41, 5.74) is 14.5. The van der Waals surface area contributed by atoms with Crippen molar-refractivity contribution in [3.8, 4) is 22.6 Å². The molecule has 0 aliphatic heterocycles. The van der Waals surface area contributed by atoms with Gasteiger partial charge in [0.05, 0.1) is 18.9 Å². The maximum absolute atomic E-state index is 5.89. The molecule has 0 saturated heterocycles. The average Bonchev–Trinajstić information content (AvgIpc) is 2.69. The number of aromatic nitrogens is 2. The van der Waals surface area contributed by atoms with E-state index in [9.17, 15) is 0 Å². The Kier molecular flexibility index (Phi) is 6.10. The molecule has 6 nitrogen and oxygen atoms in total. The third-order valence-corrected chi connectivity index (χ3v) is 4.06. The molecule has 0 bridgehead atoms. The second-order valence-corrected chi connectivity index (χ2v) is 6.04. The van der Waals surface area contributed by atoms with Gasteiger partial charge in [0.15, 0.2) is 11.6 Å². The lowest BCUT2D eigenvalue weighted by atomic mass is 10.1. The Labute approximate surface area is 159 Å². The Morgan fingerprint density at radius 3 is 2.37 bits per heavy atom. The van der Waals surface area contributed by atoms with Crippen LogP contribution in [0.1, 0.15) is 19.0 Å². The molecule has 4 N–H and O–H groups in total. The van der Waals surface area contributed by atoms with Crippen molar-refractivity contribution in [2.24, 2.45) is 0 Å². The smallest absolute Gasteiger partial charge is 0.222 e. The van der Waals surface area contributed by atoms with Crippen LogP contribution in [-0.4, -0.2) is 23.2 Å². The van der Waals surface area contributed by atoms with Crippen molar-refractivity contribution in [3.63, 3.8) is 0 Å². The molecule has 0 aliphatic carbocycles. The number of hydrogen-bond acceptors (Lipinski definition) is 6. The number of benzene rings is 2. The first-order chi connectivity index (χ1) is 13.2. The van der Waals surface area contributed by atoms with E-state index >= 15 is 0 Å². The van der Waals surface area contributed by atoms with E-state index in [0.717, 1.165) is 22.6 Å². The number of anilines is 2. The molecule has 27 heavy (non-hydrogen) atoms. The fourth-order valence-corrected chi connectivity index (χ4v) is 2.75. The molecule has 3 aromatic rings. The lowest BCUT2D eigenvalue weighted by Gasteiger charge is -2.13. The Hall–Kier alpha value is -3.28. The molecule has 0 amide bonds. The summed E-state index contributed by atoms with van der Waals surface area (Å²) in [6.45, 7) is 2.97. The summed E-state index contributed by atoms with van der Waals surface area (Å²) < 4.78 is 11.6. The normalized spacial score (nSPS) is 10.6. The van der Waals surface area contributed by atoms with Gasteiger partial charge >= 0.3 is 0 Å². The predicted molar refractivity (Wildman–Crippen MR) is 108 cm³/mol. The molecule has 1 heterocycles. The van der Waals surface area contributed by atoms with E-state index in [0.29, 0.717) is 31.8 Å². The summed E-state index contributed by atoms with van der Waals surface area (Å²) in [6, 6.07) is 18.3. The van der Waals surface area contributed by atoms with Crippen LogP contribution in [0.4, 0.5) is 11.8 Å². The van der Waals surface area contributed by atoms with E-state index in [4.69, 9.17) is 20.9 Å². The fourth-order valence-electron chi connectivity index (χ4n) is 2.75. The molecule has 2 aromatic carbocycles. The maximum Gasteiger partial charge on any atom is 0.222 e. The molecule has 0 saturated carbocycles. The van der Waals surface area contributed by atoms with Crippen molar-refractivity contribution in [1.29, 1.82) is 0 Å². The topological polar surface area (TPSA) is 96.3 Å². The summed E-state index contributed by atoms with van der Waals surface area (Å²) in [5.74, 6) is 1.79. The molecule has 6 heteroatoms. The summed E-state index contributed by atoms with van der Waals surface area (Å²) in [6.07, 6.45) is 1.39. The van der Waals surface area contributed by atoms with Crippen molar-refractivity contribution in [1.82, 2.24) is 9.97 Å². The predicted octanol–water partition coefficient (Wildman–Crippen LogP) is 3.72. The molecule has 0 radical (unpaired) electrons. The third kappa shape index (κ3) is 4.88. The van der Waals surface area contributed by atoms with Gasteiger partial charge in [0.2, 0.25) is 5.95 Å². The minimum Gasteiger partial charge on any atom is -0.493 e. The quantitative estimate of drug-likeness (QED) is 0.591. The molecule has 0 atom stereocenters. The zero-order valence-electron chi connectivity index (χ0n) is 15.4. The van der Waals surface area contributed by atoms with E-state index in [2.05, 4.69) is 28.2 Å². The van der Waals surface area contributed by atoms with E-state index in [-0.39, 0.29) is 11.8 Å². The van der Waals surface area contributed by atoms with Gasteiger partial charge in [-0.05, 0) is 29.7 Å². The fraction of sp³-hybridized carbons (Fsp3) is 0.238. The van der Waals surface area contributed by atoms with Crippen molar-refractivity contribution in [2.45, 2.75) is 19.8 Å². The van der Waals surface area contributed by atoms with E-state index in [1.807, 2.05) is 43.3 Å². The zero-order chi connectivity index (χ0) is 19.1. The van der Waals surface area contributed by atoms with Gasteiger partial charge < -0.3 is 20.9 Å². The molecule has 0 spiro atoms. The first kappa shape index (κ1) is 18.5. The highest BCUT2D eigenvalue weighted by Gasteiger charge is 2.11. The Balaban J connectivity index is 1.52. The number of nitrogen functional groups attached to an aromatic ring is 2. The molecule has 0 unspecified atom stereocenters. The molecule has 0 aliphatic rings. The van der Waals surface area contributed by atoms with E-state index in [1.54, 1.807) is 0 Å². The van der Waals surface area contributed by atoms with Gasteiger partial charge in [0, 0.05) is 6.42 Å². The van der Waals surface area contributed by atoms with Gasteiger partial charge in [-0.1, -0.05) is 49.4 Å². The number of aryl methyl sites for hydroxylation is 1. The summed E-state index contributed by atoms with van der Waals surface area (Å²) in [5, 5.41) is 0. The highest BCUT2D eigenvalue weighted by molar-refractivity contribution is 5.64. The van der Waals surface area contributed by atoms with Crippen molar-refractivity contribution < 1.29 is 9.47 Å². The van der Waals surface area contributed by atoms with Crippen LogP contribution >= 0.6 is 0 Å². The Morgan fingerprint density at radius 1 is 0.852 bits per heavy atom. The molecular weight excluding hydrogens is 340 g/mol. The molecule has 1 aromatic heterocycles. The van der Waals surface area contributed by atoms with Crippen molar-refractivity contribution in [2.75, 3.05) is 24.7 Å². The molecular formula is C21H24N4O2. The van der Waals surface area contributed by atoms with E-state index in [1.165, 1.54) is 0 Å². The second-order valence-electron chi connectivity index (χ2n) is 6.04. The van der Waals surface area contributed by atoms with Crippen LogP contribution in [0.25, 0.3) is 11.1 Å². The van der Waals surface area contributed by atoms with E-state index < -0.39 is 0 Å². The monoisotopic (exact) mass is 364 g/mol. The van der Waals surface area contributed by atoms with Crippen molar-refractivity contribution in [3.05, 3.63) is 60.3 Å². The minimum absolute atomic E-state index is 0.165. The summed E-state index contributed by atoms with van der Waals surface area (Å²) >= 11 is 0. The maximum atomic E-state index is 5.89. The van der Waals surface area contributed by atoms with Gasteiger partial charge in [-0.25, -0.2) is 4.98 Å². The van der Waals surface area contributed by atoms with Crippen LogP contribution in [0.5, 0.6) is 11.5 Å². The average molecular weight is 364 g/mol. The summed E-state index contributed by atoms with van der Waals surface area (Å²) in [7, 11) is 0. The lowest BCUT2D eigenvalue weighted by molar-refractivity contribution is 0.246. The van der Waals surface area contributed by atoms with Gasteiger partial charge in [0.25, 0.3) is 0 Å². The van der Waals surface area contributed by atoms with Crippen LogP contribution < -0.4 is 20.9 Å². The second kappa shape index (κ2) is 8.89. The largest absolute Gasteiger partial charge is 0.493 e. The third-order valence-electron chi connectivity index (χ3n) is 4.06. The molecule has 3 rings (SSSR count). The first-order valence-electron chi connectivity index (χ1n) is 9.00. The summed E-state index contributed by atoms with van der Waals surface area (Å²) in [4.78, 5) is 8.12. The number of nitrogens with zero attached hydrogens (tertiary/aromatic N) is 2. The van der Waals surface area contributed by atoms with Gasteiger partial charge in [0.1, 0.15) is 5.75 Å². The standard InChI is InChI=1S/C21H24N4O2/c1-2-18-19(20(22)25-21(23)24-18)27-13-7-12-26-17-11-6-10-16(14-17)15-8-4-3-5-9-15/h3-6,8-11,14H,2,7,12-13H2,1H3,(H4,22,23,24,25). The minimum atomic E-state index is 0.165. The Bertz CT molecular complexity index is 885. The molecule has 140 valence electrons. The zero-order valence-corrected chi connectivity index (χ0v) is 15.4. The van der Waals surface area contributed by atoms with Crippen LogP contribution in [-0.2, 0) is 6.42 Å².